The molecule has 2 heterocycles. The van der Waals surface area contributed by atoms with E-state index in [-0.39, 0.29) is 0 Å². The first-order chi connectivity index (χ1) is 12.3. The molecule has 0 aliphatic rings. The summed E-state index contributed by atoms with van der Waals surface area (Å²) in [7, 11) is 1.50. The van der Waals surface area contributed by atoms with Gasteiger partial charge in [0.15, 0.2) is 0 Å². The van der Waals surface area contributed by atoms with Crippen LogP contribution in [0.5, 0.6) is 5.88 Å². The van der Waals surface area contributed by atoms with Crippen molar-refractivity contribution in [1.29, 1.82) is 5.26 Å². The lowest BCUT2D eigenvalue weighted by Gasteiger charge is -2.10. The Morgan fingerprint density at radius 2 is 2.12 bits per heavy atom. The number of ether oxygens (including phenoxy) is 1. The summed E-state index contributed by atoms with van der Waals surface area (Å²) in [6.45, 7) is 4.47. The van der Waals surface area contributed by atoms with Gasteiger partial charge in [0.1, 0.15) is 23.8 Å². The molecule has 6 nitrogen and oxygen atoms in total. The highest BCUT2D eigenvalue weighted by Gasteiger charge is 2.09. The number of nitrogens with one attached hydrogen (secondary N) is 1. The van der Waals surface area contributed by atoms with Crippen molar-refractivity contribution >= 4 is 16.7 Å². The smallest absolute Gasteiger partial charge is 0.231 e. The number of hydrogen-bond donors (Lipinski definition) is 1. The number of nitrogens with zero attached hydrogens (tertiary/aromatic N) is 4. The Hall–Kier alpha value is -3.46. The van der Waals surface area contributed by atoms with E-state index >= 15 is 0 Å². The third-order valence-electron chi connectivity index (χ3n) is 3.77. The second kappa shape index (κ2) is 7.41. The van der Waals surface area contributed by atoms with Gasteiger partial charge in [0.25, 0.3) is 0 Å². The molecule has 124 valence electrons. The molecule has 3 aromatic rings. The third kappa shape index (κ3) is 3.40. The molecular weight excluding hydrogens is 314 g/mol. The van der Waals surface area contributed by atoms with E-state index in [1.54, 1.807) is 18.6 Å². The largest absolute Gasteiger partial charge is 0.480 e. The Labute approximate surface area is 145 Å². The number of methoxy groups -OCH3 is 1. The van der Waals surface area contributed by atoms with Crippen LogP contribution in [0.2, 0.25) is 0 Å². The van der Waals surface area contributed by atoms with E-state index in [2.05, 4.69) is 32.9 Å². The van der Waals surface area contributed by atoms with Crippen molar-refractivity contribution in [2.45, 2.75) is 6.42 Å². The summed E-state index contributed by atoms with van der Waals surface area (Å²) >= 11 is 0. The van der Waals surface area contributed by atoms with Crippen LogP contribution in [0.3, 0.4) is 0 Å². The summed E-state index contributed by atoms with van der Waals surface area (Å²) in [5, 5.41) is 13.5. The maximum Gasteiger partial charge on any atom is 0.231 e. The molecular formula is C19H17N5O. The minimum absolute atomic E-state index is 0.321. The normalized spacial score (nSPS) is 10.2. The van der Waals surface area contributed by atoms with Crippen LogP contribution in [0.4, 0.5) is 5.82 Å². The van der Waals surface area contributed by atoms with Gasteiger partial charge >= 0.3 is 0 Å². The highest BCUT2D eigenvalue weighted by Crippen LogP contribution is 2.28. The zero-order valence-corrected chi connectivity index (χ0v) is 13.9. The molecule has 0 saturated heterocycles. The number of nitriles is 1. The average Bonchev–Trinajstić information content (AvgIpc) is 2.67. The van der Waals surface area contributed by atoms with Gasteiger partial charge in [0.05, 0.1) is 12.6 Å². The van der Waals surface area contributed by atoms with Gasteiger partial charge < -0.3 is 10.1 Å². The number of fused-ring (bicyclic) bond motifs is 1. The van der Waals surface area contributed by atoms with Crippen LogP contribution in [0, 0.1) is 11.3 Å². The van der Waals surface area contributed by atoms with Crippen LogP contribution in [-0.4, -0.2) is 28.6 Å². The summed E-state index contributed by atoms with van der Waals surface area (Å²) < 4.78 is 5.10. The number of pyridine rings is 1. The van der Waals surface area contributed by atoms with Gasteiger partial charge in [-0.1, -0.05) is 12.1 Å². The second-order valence-electron chi connectivity index (χ2n) is 5.35. The van der Waals surface area contributed by atoms with Crippen LogP contribution in [0.25, 0.3) is 22.0 Å². The number of benzene rings is 1. The molecule has 3 rings (SSSR count). The minimum atomic E-state index is 0.321. The van der Waals surface area contributed by atoms with E-state index < -0.39 is 0 Å². The molecule has 0 spiro atoms. The fraction of sp³-hybridized carbons (Fsp3) is 0.158. The van der Waals surface area contributed by atoms with E-state index in [0.717, 1.165) is 40.8 Å². The predicted molar refractivity (Wildman–Crippen MR) is 97.3 cm³/mol. The summed E-state index contributed by atoms with van der Waals surface area (Å²) in [6.07, 6.45) is 5.93. The first kappa shape index (κ1) is 16.4. The molecule has 2 aromatic heterocycles. The first-order valence-corrected chi connectivity index (χ1v) is 7.81. The SMILES string of the molecule is C=CCCNc1ncnc2ccc(-c3cnc(OC)c(C#N)c3)cc12. The Bertz CT molecular complexity index is 962. The monoisotopic (exact) mass is 331 g/mol. The lowest BCUT2D eigenvalue weighted by Crippen LogP contribution is -2.03. The number of hydrogen-bond acceptors (Lipinski definition) is 6. The van der Waals surface area contributed by atoms with E-state index in [4.69, 9.17) is 4.74 Å². The Morgan fingerprint density at radius 3 is 2.88 bits per heavy atom. The van der Waals surface area contributed by atoms with Crippen molar-refractivity contribution < 1.29 is 4.74 Å². The zero-order valence-electron chi connectivity index (χ0n) is 13.9. The average molecular weight is 331 g/mol. The fourth-order valence-corrected chi connectivity index (χ4v) is 2.52. The van der Waals surface area contributed by atoms with Gasteiger partial charge in [0, 0.05) is 23.7 Å². The highest BCUT2D eigenvalue weighted by atomic mass is 16.5. The van der Waals surface area contributed by atoms with Crippen LogP contribution >= 0.6 is 0 Å². The van der Waals surface area contributed by atoms with Gasteiger partial charge in [-0.25, -0.2) is 15.0 Å². The van der Waals surface area contributed by atoms with Gasteiger partial charge in [-0.2, -0.15) is 5.26 Å². The van der Waals surface area contributed by atoms with Crippen molar-refractivity contribution in [1.82, 2.24) is 15.0 Å². The number of anilines is 1. The van der Waals surface area contributed by atoms with E-state index in [0.29, 0.717) is 11.4 Å². The lowest BCUT2D eigenvalue weighted by molar-refractivity contribution is 0.396. The zero-order chi connectivity index (χ0) is 17.6. The van der Waals surface area contributed by atoms with Crippen molar-refractivity contribution in [2.24, 2.45) is 0 Å². The van der Waals surface area contributed by atoms with Gasteiger partial charge in [0.2, 0.25) is 5.88 Å². The summed E-state index contributed by atoms with van der Waals surface area (Å²) in [5.74, 6) is 1.10. The predicted octanol–water partition coefficient (Wildman–Crippen LogP) is 3.56. The lowest BCUT2D eigenvalue weighted by atomic mass is 10.0. The maximum absolute atomic E-state index is 9.25. The van der Waals surface area contributed by atoms with Crippen LogP contribution in [-0.2, 0) is 0 Å². The molecule has 0 amide bonds. The van der Waals surface area contributed by atoms with Crippen LogP contribution in [0.1, 0.15) is 12.0 Å². The number of rotatable bonds is 6. The maximum atomic E-state index is 9.25. The molecule has 0 aliphatic heterocycles. The highest BCUT2D eigenvalue weighted by molar-refractivity contribution is 5.92. The summed E-state index contributed by atoms with van der Waals surface area (Å²) in [4.78, 5) is 12.8. The quantitative estimate of drug-likeness (QED) is 0.549. The van der Waals surface area contributed by atoms with Crippen LogP contribution in [0.15, 0.2) is 49.4 Å². The Morgan fingerprint density at radius 1 is 1.24 bits per heavy atom. The third-order valence-corrected chi connectivity index (χ3v) is 3.77. The topological polar surface area (TPSA) is 83.7 Å². The van der Waals surface area contributed by atoms with E-state index in [9.17, 15) is 5.26 Å². The molecule has 1 N–H and O–H groups in total. The molecule has 0 fully saturated rings. The van der Waals surface area contributed by atoms with E-state index in [1.165, 1.54) is 7.11 Å². The summed E-state index contributed by atoms with van der Waals surface area (Å²) in [5.41, 5.74) is 3.01. The molecule has 0 aliphatic carbocycles. The van der Waals surface area contributed by atoms with E-state index in [1.807, 2.05) is 24.3 Å². The molecule has 0 radical (unpaired) electrons. The molecule has 0 atom stereocenters. The second-order valence-corrected chi connectivity index (χ2v) is 5.35. The first-order valence-electron chi connectivity index (χ1n) is 7.81. The molecule has 0 saturated carbocycles. The van der Waals surface area contributed by atoms with Crippen molar-refractivity contribution in [2.75, 3.05) is 19.0 Å². The van der Waals surface area contributed by atoms with Crippen molar-refractivity contribution in [3.05, 3.63) is 55.0 Å². The number of aromatic nitrogens is 3. The minimum Gasteiger partial charge on any atom is -0.480 e. The molecule has 25 heavy (non-hydrogen) atoms. The standard InChI is InChI=1S/C19H17N5O/c1-3-4-7-21-18-16-9-13(5-6-17(16)23-12-24-18)15-8-14(10-20)19(25-2)22-11-15/h3,5-6,8-9,11-12H,1,4,7H2,2H3,(H,21,23,24). The van der Waals surface area contributed by atoms with Crippen molar-refractivity contribution in [3.63, 3.8) is 0 Å². The Kier molecular flexibility index (Phi) is 4.86. The molecule has 0 bridgehead atoms. The fourth-order valence-electron chi connectivity index (χ4n) is 2.52. The molecule has 6 heteroatoms. The van der Waals surface area contributed by atoms with Gasteiger partial charge in [-0.05, 0) is 30.2 Å². The van der Waals surface area contributed by atoms with Crippen LogP contribution < -0.4 is 10.1 Å². The molecule has 0 unspecified atom stereocenters. The molecule has 1 aromatic carbocycles. The van der Waals surface area contributed by atoms with Gasteiger partial charge in [-0.3, -0.25) is 0 Å². The van der Waals surface area contributed by atoms with Crippen molar-refractivity contribution in [3.8, 4) is 23.1 Å². The Balaban J connectivity index is 2.04. The van der Waals surface area contributed by atoms with Gasteiger partial charge in [-0.15, -0.1) is 6.58 Å². The summed E-state index contributed by atoms with van der Waals surface area (Å²) in [6, 6.07) is 9.75.